The van der Waals surface area contributed by atoms with Gasteiger partial charge in [-0.1, -0.05) is 72.8 Å². The van der Waals surface area contributed by atoms with Crippen LogP contribution in [0.3, 0.4) is 0 Å². The van der Waals surface area contributed by atoms with Crippen molar-refractivity contribution >= 4 is 38.3 Å². The predicted molar refractivity (Wildman–Crippen MR) is 162 cm³/mol. The number of para-hydroxylation sites is 2. The van der Waals surface area contributed by atoms with Gasteiger partial charge in [-0.3, -0.25) is 9.59 Å². The Morgan fingerprint density at radius 3 is 2.31 bits per heavy atom. The van der Waals surface area contributed by atoms with Crippen LogP contribution in [-0.2, 0) is 26.0 Å². The van der Waals surface area contributed by atoms with E-state index >= 15 is 0 Å². The first-order valence-electron chi connectivity index (χ1n) is 14.3. The molecule has 0 bridgehead atoms. The Labute approximate surface area is 245 Å². The van der Waals surface area contributed by atoms with Crippen LogP contribution >= 0.6 is 0 Å². The van der Waals surface area contributed by atoms with Gasteiger partial charge in [-0.15, -0.1) is 0 Å². The van der Waals surface area contributed by atoms with Gasteiger partial charge in [-0.2, -0.15) is 4.31 Å². The number of piperidine rings is 1. The minimum atomic E-state index is -3.69. The highest BCUT2D eigenvalue weighted by atomic mass is 32.2. The van der Waals surface area contributed by atoms with Gasteiger partial charge in [-0.05, 0) is 59.9 Å². The van der Waals surface area contributed by atoms with E-state index in [9.17, 15) is 18.0 Å². The maximum Gasteiger partial charge on any atom is 0.262 e. The number of carbonyl (C=O) groups is 2. The highest BCUT2D eigenvalue weighted by molar-refractivity contribution is 7.89. The molecule has 1 fully saturated rings. The Hall–Kier alpha value is -4.21. The molecule has 1 N–H and O–H groups in total. The maximum atomic E-state index is 13.8. The Morgan fingerprint density at radius 1 is 0.833 bits per heavy atom. The van der Waals surface area contributed by atoms with Crippen LogP contribution in [0.15, 0.2) is 102 Å². The van der Waals surface area contributed by atoms with Gasteiger partial charge in [0.05, 0.1) is 17.1 Å². The summed E-state index contributed by atoms with van der Waals surface area (Å²) >= 11 is 0. The summed E-state index contributed by atoms with van der Waals surface area (Å²) in [5, 5.41) is 4.79. The van der Waals surface area contributed by atoms with Gasteiger partial charge in [0.15, 0.2) is 6.10 Å². The molecule has 4 aromatic rings. The van der Waals surface area contributed by atoms with Gasteiger partial charge in [-0.25, -0.2) is 8.42 Å². The number of benzene rings is 4. The fourth-order valence-corrected chi connectivity index (χ4v) is 7.21. The highest BCUT2D eigenvalue weighted by Crippen LogP contribution is 2.36. The first-order valence-corrected chi connectivity index (χ1v) is 15.7. The minimum absolute atomic E-state index is 0.0998. The van der Waals surface area contributed by atoms with Gasteiger partial charge in [0.2, 0.25) is 15.9 Å². The molecule has 216 valence electrons. The van der Waals surface area contributed by atoms with Gasteiger partial charge in [0.25, 0.3) is 5.91 Å². The fraction of sp³-hybridized carbons (Fsp3) is 0.273. The summed E-state index contributed by atoms with van der Waals surface area (Å²) in [5.41, 5.74) is 1.75. The lowest BCUT2D eigenvalue weighted by Crippen LogP contribution is -2.53. The Bertz CT molecular complexity index is 1700. The first-order chi connectivity index (χ1) is 20.4. The number of rotatable bonds is 7. The number of nitrogens with one attached hydrogen (secondary N) is 1. The third kappa shape index (κ3) is 5.75. The second kappa shape index (κ2) is 12.0. The molecule has 0 aliphatic carbocycles. The molecule has 0 aromatic heterocycles. The number of sulfonamides is 1. The van der Waals surface area contributed by atoms with E-state index in [0.29, 0.717) is 37.2 Å². The summed E-state index contributed by atoms with van der Waals surface area (Å²) < 4.78 is 34.4. The molecule has 9 heteroatoms. The number of carbonyl (C=O) groups excluding carboxylic acids is 2. The van der Waals surface area contributed by atoms with E-state index in [1.54, 1.807) is 23.1 Å². The van der Waals surface area contributed by atoms with Crippen LogP contribution in [0.1, 0.15) is 18.4 Å². The van der Waals surface area contributed by atoms with Crippen molar-refractivity contribution in [2.24, 2.45) is 5.92 Å². The molecule has 42 heavy (non-hydrogen) atoms. The molecule has 6 rings (SSSR count). The monoisotopic (exact) mass is 583 g/mol. The van der Waals surface area contributed by atoms with E-state index in [1.807, 2.05) is 78.9 Å². The molecule has 1 saturated heterocycles. The molecule has 0 radical (unpaired) electrons. The normalized spacial score (nSPS) is 17.8. The van der Waals surface area contributed by atoms with Crippen LogP contribution in [0.2, 0.25) is 0 Å². The standard InChI is InChI=1S/C33H33N3O5S/c37-32(34-19-16-24-8-2-1-3-9-24)31-23-36(29-12-6-7-13-30(29)41-31)33(38)26-17-20-35(21-18-26)42(39,40)28-15-14-25-10-4-5-11-27(25)22-28/h1-15,22,26,31H,16-21,23H2,(H,34,37)/t31-/m0/s1. The van der Waals surface area contributed by atoms with Crippen molar-refractivity contribution in [1.82, 2.24) is 9.62 Å². The quantitative estimate of drug-likeness (QED) is 0.348. The fourth-order valence-electron chi connectivity index (χ4n) is 5.71. The topological polar surface area (TPSA) is 96.0 Å². The van der Waals surface area contributed by atoms with Gasteiger partial charge in [0, 0.05) is 25.6 Å². The summed E-state index contributed by atoms with van der Waals surface area (Å²) in [5.74, 6) is -0.261. The van der Waals surface area contributed by atoms with Crippen molar-refractivity contribution < 1.29 is 22.7 Å². The maximum absolute atomic E-state index is 13.8. The molecular weight excluding hydrogens is 550 g/mol. The molecule has 0 spiro atoms. The van der Waals surface area contributed by atoms with Crippen LogP contribution in [0.5, 0.6) is 5.75 Å². The molecule has 8 nitrogen and oxygen atoms in total. The molecule has 0 saturated carbocycles. The van der Waals surface area contributed by atoms with E-state index in [0.717, 1.165) is 16.3 Å². The van der Waals surface area contributed by atoms with E-state index in [2.05, 4.69) is 5.32 Å². The lowest BCUT2D eigenvalue weighted by Gasteiger charge is -2.38. The lowest BCUT2D eigenvalue weighted by atomic mass is 9.95. The van der Waals surface area contributed by atoms with Crippen molar-refractivity contribution in [3.8, 4) is 5.75 Å². The summed E-state index contributed by atoms with van der Waals surface area (Å²) in [4.78, 5) is 28.8. The molecule has 2 heterocycles. The zero-order valence-corrected chi connectivity index (χ0v) is 24.0. The molecule has 0 unspecified atom stereocenters. The van der Waals surface area contributed by atoms with Crippen LogP contribution < -0.4 is 15.0 Å². The summed E-state index contributed by atoms with van der Waals surface area (Å²) in [7, 11) is -3.69. The summed E-state index contributed by atoms with van der Waals surface area (Å²) in [6.45, 7) is 1.06. The average molecular weight is 584 g/mol. The predicted octanol–water partition coefficient (Wildman–Crippen LogP) is 4.39. The van der Waals surface area contributed by atoms with E-state index in [-0.39, 0.29) is 42.3 Å². The van der Waals surface area contributed by atoms with Crippen molar-refractivity contribution in [2.45, 2.75) is 30.3 Å². The molecule has 2 aliphatic heterocycles. The number of hydrogen-bond acceptors (Lipinski definition) is 5. The van der Waals surface area contributed by atoms with Crippen LogP contribution in [0.4, 0.5) is 5.69 Å². The van der Waals surface area contributed by atoms with Crippen LogP contribution in [0.25, 0.3) is 10.8 Å². The number of amides is 2. The van der Waals surface area contributed by atoms with E-state index < -0.39 is 16.1 Å². The number of hydrogen-bond donors (Lipinski definition) is 1. The van der Waals surface area contributed by atoms with Crippen LogP contribution in [-0.4, -0.2) is 56.8 Å². The molecular formula is C33H33N3O5S. The Balaban J connectivity index is 1.11. The van der Waals surface area contributed by atoms with Crippen molar-refractivity contribution in [3.05, 3.63) is 103 Å². The Kier molecular flexibility index (Phi) is 7.95. The van der Waals surface area contributed by atoms with E-state index in [4.69, 9.17) is 4.74 Å². The number of anilines is 1. The smallest absolute Gasteiger partial charge is 0.262 e. The summed E-state index contributed by atoms with van der Waals surface area (Å²) in [6.07, 6.45) is 0.658. The zero-order chi connectivity index (χ0) is 29.1. The lowest BCUT2D eigenvalue weighted by molar-refractivity contribution is -0.129. The molecule has 1 atom stereocenters. The SMILES string of the molecule is O=C(NCCc1ccccc1)[C@@H]1CN(C(=O)C2CCN(S(=O)(=O)c3ccc4ccccc4c3)CC2)c2ccccc2O1. The molecule has 2 amide bonds. The average Bonchev–Trinajstić information content (AvgIpc) is 3.04. The molecule has 4 aromatic carbocycles. The van der Waals surface area contributed by atoms with Crippen molar-refractivity contribution in [2.75, 3.05) is 31.1 Å². The largest absolute Gasteiger partial charge is 0.477 e. The van der Waals surface area contributed by atoms with Crippen molar-refractivity contribution in [1.29, 1.82) is 0 Å². The molecule has 2 aliphatic rings. The minimum Gasteiger partial charge on any atom is -0.477 e. The van der Waals surface area contributed by atoms with Crippen LogP contribution in [0, 0.1) is 5.92 Å². The zero-order valence-electron chi connectivity index (χ0n) is 23.2. The highest BCUT2D eigenvalue weighted by Gasteiger charge is 2.39. The number of ether oxygens (including phenoxy) is 1. The second-order valence-corrected chi connectivity index (χ2v) is 12.7. The first kappa shape index (κ1) is 27.9. The Morgan fingerprint density at radius 2 is 1.52 bits per heavy atom. The van der Waals surface area contributed by atoms with Gasteiger partial charge in [0.1, 0.15) is 5.75 Å². The summed E-state index contributed by atoms with van der Waals surface area (Å²) in [6, 6.07) is 30.0. The number of fused-ring (bicyclic) bond motifs is 2. The third-order valence-electron chi connectivity index (χ3n) is 8.05. The van der Waals surface area contributed by atoms with Gasteiger partial charge < -0.3 is 15.0 Å². The number of nitrogens with zero attached hydrogens (tertiary/aromatic N) is 2. The van der Waals surface area contributed by atoms with Crippen molar-refractivity contribution in [3.63, 3.8) is 0 Å². The second-order valence-electron chi connectivity index (χ2n) is 10.7. The van der Waals surface area contributed by atoms with E-state index in [1.165, 1.54) is 4.31 Å². The third-order valence-corrected chi connectivity index (χ3v) is 9.94. The van der Waals surface area contributed by atoms with Gasteiger partial charge >= 0.3 is 0 Å².